The van der Waals surface area contributed by atoms with Crippen molar-refractivity contribution in [2.75, 3.05) is 32.7 Å². The van der Waals surface area contributed by atoms with Crippen LogP contribution in [0.2, 0.25) is 0 Å². The van der Waals surface area contributed by atoms with E-state index in [4.69, 9.17) is 5.73 Å². The topological polar surface area (TPSA) is 78.7 Å². The highest BCUT2D eigenvalue weighted by atomic mass is 35.5. The molecule has 0 aromatic heterocycles. The molecule has 0 bridgehead atoms. The number of urea groups is 1. The van der Waals surface area contributed by atoms with Gasteiger partial charge in [-0.15, -0.1) is 12.4 Å². The van der Waals surface area contributed by atoms with Gasteiger partial charge >= 0.3 is 6.03 Å². The van der Waals surface area contributed by atoms with Gasteiger partial charge in [-0.2, -0.15) is 0 Å². The molecule has 22 heavy (non-hydrogen) atoms. The van der Waals surface area contributed by atoms with E-state index in [1.54, 1.807) is 0 Å². The van der Waals surface area contributed by atoms with Crippen molar-refractivity contribution >= 4 is 24.3 Å². The van der Waals surface area contributed by atoms with Gasteiger partial charge in [-0.05, 0) is 25.8 Å². The van der Waals surface area contributed by atoms with Crippen molar-refractivity contribution in [3.05, 3.63) is 0 Å². The summed E-state index contributed by atoms with van der Waals surface area (Å²) in [5, 5.41) is 3.13. The third kappa shape index (κ3) is 5.65. The Labute approximate surface area is 139 Å². The Morgan fingerprint density at radius 2 is 1.59 bits per heavy atom. The number of hydrogen-bond acceptors (Lipinski definition) is 3. The summed E-state index contributed by atoms with van der Waals surface area (Å²) in [6.45, 7) is 3.10. The van der Waals surface area contributed by atoms with Crippen LogP contribution < -0.4 is 11.1 Å². The van der Waals surface area contributed by atoms with E-state index in [1.165, 1.54) is 19.3 Å². The van der Waals surface area contributed by atoms with Crippen molar-refractivity contribution < 1.29 is 9.59 Å². The number of nitrogens with two attached hydrogens (primary N) is 1. The zero-order valence-corrected chi connectivity index (χ0v) is 14.1. The second-order valence-electron chi connectivity index (χ2n) is 6.04. The maximum absolute atomic E-state index is 12.2. The van der Waals surface area contributed by atoms with Gasteiger partial charge in [-0.1, -0.05) is 19.3 Å². The van der Waals surface area contributed by atoms with Crippen molar-refractivity contribution in [1.29, 1.82) is 0 Å². The van der Waals surface area contributed by atoms with Crippen molar-refractivity contribution in [2.45, 2.75) is 51.0 Å². The van der Waals surface area contributed by atoms with Gasteiger partial charge < -0.3 is 20.9 Å². The predicted octanol–water partition coefficient (Wildman–Crippen LogP) is 1.33. The summed E-state index contributed by atoms with van der Waals surface area (Å²) in [5.74, 6) is 0.160. The van der Waals surface area contributed by atoms with Crippen LogP contribution in [0, 0.1) is 0 Å². The van der Waals surface area contributed by atoms with Gasteiger partial charge in [0.1, 0.15) is 0 Å². The summed E-state index contributed by atoms with van der Waals surface area (Å²) in [6.07, 6.45) is 7.18. The standard InChI is InChI=1S/C15H28N4O2.ClH/c16-8-4-7-14(20)18-9-11-19(12-10-18)15(21)17-13-5-2-1-3-6-13;/h13H,1-12,16H2,(H,17,21);1H. The molecule has 0 spiro atoms. The third-order valence-corrected chi connectivity index (χ3v) is 4.45. The maximum Gasteiger partial charge on any atom is 0.317 e. The number of carbonyl (C=O) groups is 2. The first-order valence-electron chi connectivity index (χ1n) is 8.24. The summed E-state index contributed by atoms with van der Waals surface area (Å²) < 4.78 is 0. The Bertz CT molecular complexity index is 353. The fourth-order valence-electron chi connectivity index (χ4n) is 3.08. The van der Waals surface area contributed by atoms with Crippen molar-refractivity contribution in [1.82, 2.24) is 15.1 Å². The van der Waals surface area contributed by atoms with Gasteiger partial charge in [0.2, 0.25) is 5.91 Å². The molecule has 0 aromatic rings. The molecular weight excluding hydrogens is 304 g/mol. The summed E-state index contributed by atoms with van der Waals surface area (Å²) in [6, 6.07) is 0.381. The molecule has 0 aromatic carbocycles. The van der Waals surface area contributed by atoms with Crippen LogP contribution in [0.25, 0.3) is 0 Å². The highest BCUT2D eigenvalue weighted by Gasteiger charge is 2.25. The van der Waals surface area contributed by atoms with Gasteiger partial charge in [0.15, 0.2) is 0 Å². The lowest BCUT2D eigenvalue weighted by Crippen LogP contribution is -2.54. The fourth-order valence-corrected chi connectivity index (χ4v) is 3.08. The molecule has 1 heterocycles. The fraction of sp³-hybridized carbons (Fsp3) is 0.867. The van der Waals surface area contributed by atoms with Crippen LogP contribution in [0.1, 0.15) is 44.9 Å². The van der Waals surface area contributed by atoms with Crippen LogP contribution in [-0.2, 0) is 4.79 Å². The lowest BCUT2D eigenvalue weighted by molar-refractivity contribution is -0.132. The molecule has 6 nitrogen and oxygen atoms in total. The average molecular weight is 333 g/mol. The molecule has 3 N–H and O–H groups in total. The van der Waals surface area contributed by atoms with Gasteiger partial charge in [-0.3, -0.25) is 4.79 Å². The number of hydrogen-bond donors (Lipinski definition) is 2. The Morgan fingerprint density at radius 1 is 1.00 bits per heavy atom. The molecule has 128 valence electrons. The molecular formula is C15H29ClN4O2. The lowest BCUT2D eigenvalue weighted by atomic mass is 9.96. The highest BCUT2D eigenvalue weighted by Crippen LogP contribution is 2.17. The number of amides is 3. The van der Waals surface area contributed by atoms with Crippen molar-refractivity contribution in [3.63, 3.8) is 0 Å². The monoisotopic (exact) mass is 332 g/mol. The predicted molar refractivity (Wildman–Crippen MR) is 89.1 cm³/mol. The molecule has 1 aliphatic carbocycles. The zero-order valence-electron chi connectivity index (χ0n) is 13.3. The molecule has 2 rings (SSSR count). The lowest BCUT2D eigenvalue weighted by Gasteiger charge is -2.36. The minimum Gasteiger partial charge on any atom is -0.339 e. The van der Waals surface area contributed by atoms with E-state index in [0.29, 0.717) is 45.2 Å². The quantitative estimate of drug-likeness (QED) is 0.815. The van der Waals surface area contributed by atoms with Gasteiger partial charge in [0, 0.05) is 38.6 Å². The third-order valence-electron chi connectivity index (χ3n) is 4.45. The van der Waals surface area contributed by atoms with Crippen LogP contribution in [0.4, 0.5) is 4.79 Å². The molecule has 1 aliphatic heterocycles. The average Bonchev–Trinajstić information content (AvgIpc) is 2.53. The molecule has 2 aliphatic rings. The summed E-state index contributed by atoms with van der Waals surface area (Å²) in [7, 11) is 0. The second-order valence-corrected chi connectivity index (χ2v) is 6.04. The van der Waals surface area contributed by atoms with Crippen LogP contribution >= 0.6 is 12.4 Å². The Hall–Kier alpha value is -1.01. The van der Waals surface area contributed by atoms with Crippen molar-refractivity contribution in [3.8, 4) is 0 Å². The van der Waals surface area contributed by atoms with Gasteiger partial charge in [0.05, 0.1) is 0 Å². The largest absolute Gasteiger partial charge is 0.339 e. The first kappa shape index (κ1) is 19.0. The molecule has 0 radical (unpaired) electrons. The summed E-state index contributed by atoms with van der Waals surface area (Å²) >= 11 is 0. The Balaban J connectivity index is 0.00000242. The van der Waals surface area contributed by atoms with Crippen LogP contribution in [0.15, 0.2) is 0 Å². The normalized spacial score (nSPS) is 19.5. The maximum atomic E-state index is 12.2. The van der Waals surface area contributed by atoms with E-state index in [-0.39, 0.29) is 24.3 Å². The first-order valence-corrected chi connectivity index (χ1v) is 8.24. The van der Waals surface area contributed by atoms with Crippen molar-refractivity contribution in [2.24, 2.45) is 5.73 Å². The Morgan fingerprint density at radius 3 is 2.18 bits per heavy atom. The van der Waals surface area contributed by atoms with Crippen LogP contribution in [-0.4, -0.2) is 60.5 Å². The summed E-state index contributed by atoms with van der Waals surface area (Å²) in [4.78, 5) is 27.8. The van der Waals surface area contributed by atoms with Crippen LogP contribution in [0.5, 0.6) is 0 Å². The molecule has 0 atom stereocenters. The van der Waals surface area contributed by atoms with E-state index in [0.717, 1.165) is 19.3 Å². The number of piperazine rings is 1. The molecule has 1 saturated heterocycles. The smallest absolute Gasteiger partial charge is 0.317 e. The Kier molecular flexibility index (Phi) is 8.56. The number of halogens is 1. The number of nitrogens with one attached hydrogen (secondary N) is 1. The van der Waals surface area contributed by atoms with E-state index < -0.39 is 0 Å². The molecule has 2 fully saturated rings. The minimum absolute atomic E-state index is 0. The number of nitrogens with zero attached hydrogens (tertiary/aromatic N) is 2. The van der Waals surface area contributed by atoms with E-state index in [9.17, 15) is 9.59 Å². The van der Waals surface area contributed by atoms with Gasteiger partial charge in [-0.25, -0.2) is 4.79 Å². The van der Waals surface area contributed by atoms with E-state index in [2.05, 4.69) is 5.32 Å². The molecule has 1 saturated carbocycles. The molecule has 7 heteroatoms. The molecule has 3 amide bonds. The van der Waals surface area contributed by atoms with E-state index >= 15 is 0 Å². The summed E-state index contributed by atoms with van der Waals surface area (Å²) in [5.41, 5.74) is 5.43. The molecule has 0 unspecified atom stereocenters. The van der Waals surface area contributed by atoms with Crippen LogP contribution in [0.3, 0.4) is 0 Å². The number of carbonyl (C=O) groups excluding carboxylic acids is 2. The SMILES string of the molecule is Cl.NCCCC(=O)N1CCN(C(=O)NC2CCCCC2)CC1. The van der Waals surface area contributed by atoms with Gasteiger partial charge in [0.25, 0.3) is 0 Å². The minimum atomic E-state index is 0. The van der Waals surface area contributed by atoms with E-state index in [1.807, 2.05) is 9.80 Å². The second kappa shape index (κ2) is 9.90. The highest BCUT2D eigenvalue weighted by molar-refractivity contribution is 5.85. The zero-order chi connectivity index (χ0) is 15.1. The number of rotatable bonds is 4. The first-order chi connectivity index (χ1) is 10.2.